The van der Waals surface area contributed by atoms with Crippen LogP contribution in [0.3, 0.4) is 0 Å². The predicted molar refractivity (Wildman–Crippen MR) is 109 cm³/mol. The summed E-state index contributed by atoms with van der Waals surface area (Å²) in [5.41, 5.74) is 9.17. The summed E-state index contributed by atoms with van der Waals surface area (Å²) in [7, 11) is 6.54. The van der Waals surface area contributed by atoms with E-state index in [2.05, 4.69) is 25.6 Å². The van der Waals surface area contributed by atoms with Crippen LogP contribution in [0.15, 0.2) is 18.3 Å². The number of nitrogen functional groups attached to an aromatic ring is 1. The van der Waals surface area contributed by atoms with Crippen LogP contribution in [0.1, 0.15) is 11.1 Å². The number of aromatic nitrogens is 3. The molecule has 4 N–H and O–H groups in total. The van der Waals surface area contributed by atoms with Gasteiger partial charge in [-0.2, -0.15) is 9.97 Å². The zero-order valence-electron chi connectivity index (χ0n) is 16.6. The predicted octanol–water partition coefficient (Wildman–Crippen LogP) is 2.60. The van der Waals surface area contributed by atoms with Crippen molar-refractivity contribution in [3.8, 4) is 17.2 Å². The van der Waals surface area contributed by atoms with Crippen molar-refractivity contribution in [2.24, 2.45) is 0 Å². The fraction of sp³-hybridized carbons (Fsp3) is 0.316. The van der Waals surface area contributed by atoms with Gasteiger partial charge in [0.15, 0.2) is 17.1 Å². The van der Waals surface area contributed by atoms with E-state index < -0.39 is 0 Å². The zero-order valence-corrected chi connectivity index (χ0v) is 16.6. The van der Waals surface area contributed by atoms with Gasteiger partial charge >= 0.3 is 0 Å². The first kappa shape index (κ1) is 19.3. The molecule has 148 valence electrons. The lowest BCUT2D eigenvalue weighted by atomic mass is 10.1. The number of hydrogen-bond donors (Lipinski definition) is 3. The lowest BCUT2D eigenvalue weighted by molar-refractivity contribution is 0.324. The molecule has 2 aromatic heterocycles. The van der Waals surface area contributed by atoms with Crippen LogP contribution in [0.4, 0.5) is 17.5 Å². The van der Waals surface area contributed by atoms with Crippen LogP contribution in [-0.4, -0.2) is 43.3 Å². The standard InChI is InChI=1S/C19H24N6O3/c1-10-11(9-23-18-15(10)17(21-2)24-19(20)25-18)8-22-12-6-13(26-3)16(28-5)14(7-12)27-4/h6-7,9,22H,8H2,1-5H3,(H3,20,21,23,24,25). The molecule has 0 aliphatic heterocycles. The average Bonchev–Trinajstić information content (AvgIpc) is 2.71. The van der Waals surface area contributed by atoms with Gasteiger partial charge in [0, 0.05) is 37.6 Å². The van der Waals surface area contributed by atoms with Crippen LogP contribution in [0, 0.1) is 6.92 Å². The first-order chi connectivity index (χ1) is 13.5. The molecular weight excluding hydrogens is 360 g/mol. The third-order valence-corrected chi connectivity index (χ3v) is 4.49. The van der Waals surface area contributed by atoms with Gasteiger partial charge in [-0.25, -0.2) is 4.98 Å². The minimum absolute atomic E-state index is 0.187. The number of nitrogens with one attached hydrogen (secondary N) is 2. The lowest BCUT2D eigenvalue weighted by Crippen LogP contribution is -2.07. The van der Waals surface area contributed by atoms with E-state index >= 15 is 0 Å². The van der Waals surface area contributed by atoms with E-state index in [-0.39, 0.29) is 5.95 Å². The molecule has 0 spiro atoms. The maximum absolute atomic E-state index is 5.75. The minimum Gasteiger partial charge on any atom is -0.493 e. The summed E-state index contributed by atoms with van der Waals surface area (Å²) in [5, 5.41) is 7.28. The molecule has 3 aromatic rings. The van der Waals surface area contributed by atoms with E-state index in [0.717, 1.165) is 22.2 Å². The number of fused-ring (bicyclic) bond motifs is 1. The molecule has 0 saturated heterocycles. The Morgan fingerprint density at radius 3 is 2.29 bits per heavy atom. The van der Waals surface area contributed by atoms with Crippen LogP contribution >= 0.6 is 0 Å². The lowest BCUT2D eigenvalue weighted by Gasteiger charge is -2.16. The number of nitrogens with zero attached hydrogens (tertiary/aromatic N) is 3. The quantitative estimate of drug-likeness (QED) is 0.565. The van der Waals surface area contributed by atoms with E-state index in [4.69, 9.17) is 19.9 Å². The normalized spacial score (nSPS) is 10.6. The molecule has 0 radical (unpaired) electrons. The molecule has 0 aliphatic carbocycles. The molecule has 0 saturated carbocycles. The summed E-state index contributed by atoms with van der Waals surface area (Å²) in [6.45, 7) is 2.55. The smallest absolute Gasteiger partial charge is 0.224 e. The number of anilines is 3. The Morgan fingerprint density at radius 1 is 1.04 bits per heavy atom. The molecule has 28 heavy (non-hydrogen) atoms. The number of ether oxygens (including phenoxy) is 3. The second-order valence-electron chi connectivity index (χ2n) is 6.06. The largest absolute Gasteiger partial charge is 0.493 e. The number of rotatable bonds is 7. The van der Waals surface area contributed by atoms with Gasteiger partial charge in [-0.15, -0.1) is 0 Å². The highest BCUT2D eigenvalue weighted by Gasteiger charge is 2.15. The van der Waals surface area contributed by atoms with Gasteiger partial charge in [0.05, 0.1) is 26.7 Å². The molecule has 0 fully saturated rings. The highest BCUT2D eigenvalue weighted by Crippen LogP contribution is 2.40. The summed E-state index contributed by atoms with van der Waals surface area (Å²) in [4.78, 5) is 12.9. The van der Waals surface area contributed by atoms with Gasteiger partial charge < -0.3 is 30.6 Å². The van der Waals surface area contributed by atoms with Crippen LogP contribution in [0.25, 0.3) is 11.0 Å². The zero-order chi connectivity index (χ0) is 20.3. The van der Waals surface area contributed by atoms with Crippen molar-refractivity contribution in [1.82, 2.24) is 15.0 Å². The van der Waals surface area contributed by atoms with E-state index in [0.29, 0.717) is 35.3 Å². The van der Waals surface area contributed by atoms with Crippen molar-refractivity contribution >= 4 is 28.5 Å². The molecule has 9 nitrogen and oxygen atoms in total. The van der Waals surface area contributed by atoms with E-state index in [1.54, 1.807) is 34.6 Å². The van der Waals surface area contributed by atoms with Gasteiger partial charge in [0.1, 0.15) is 5.82 Å². The van der Waals surface area contributed by atoms with E-state index in [1.165, 1.54) is 0 Å². The number of methoxy groups -OCH3 is 3. The van der Waals surface area contributed by atoms with E-state index in [9.17, 15) is 0 Å². The maximum atomic E-state index is 5.75. The van der Waals surface area contributed by atoms with Crippen molar-refractivity contribution in [3.05, 3.63) is 29.5 Å². The van der Waals surface area contributed by atoms with Crippen LogP contribution in [0.5, 0.6) is 17.2 Å². The number of pyridine rings is 1. The Balaban J connectivity index is 1.94. The molecule has 0 atom stereocenters. The molecule has 0 unspecified atom stereocenters. The van der Waals surface area contributed by atoms with Gasteiger partial charge in [-0.3, -0.25) is 0 Å². The molecule has 9 heteroatoms. The van der Waals surface area contributed by atoms with Crippen molar-refractivity contribution in [2.75, 3.05) is 44.7 Å². The third kappa shape index (κ3) is 3.51. The Hall–Kier alpha value is -3.49. The van der Waals surface area contributed by atoms with Gasteiger partial charge in [-0.1, -0.05) is 0 Å². The van der Waals surface area contributed by atoms with Crippen molar-refractivity contribution in [2.45, 2.75) is 13.5 Å². The van der Waals surface area contributed by atoms with E-state index in [1.807, 2.05) is 19.1 Å². The number of benzene rings is 1. The van der Waals surface area contributed by atoms with Crippen LogP contribution < -0.4 is 30.6 Å². The Morgan fingerprint density at radius 2 is 1.71 bits per heavy atom. The van der Waals surface area contributed by atoms with Crippen LogP contribution in [-0.2, 0) is 6.54 Å². The molecule has 0 amide bonds. The summed E-state index contributed by atoms with van der Waals surface area (Å²) >= 11 is 0. The van der Waals surface area contributed by atoms with Gasteiger partial charge in [0.25, 0.3) is 0 Å². The second-order valence-corrected chi connectivity index (χ2v) is 6.06. The molecule has 0 bridgehead atoms. The fourth-order valence-corrected chi connectivity index (χ4v) is 3.04. The Bertz CT molecular complexity index is 984. The Labute approximate surface area is 163 Å². The highest BCUT2D eigenvalue weighted by molar-refractivity contribution is 5.91. The van der Waals surface area contributed by atoms with Gasteiger partial charge in [0.2, 0.25) is 11.7 Å². The summed E-state index contributed by atoms with van der Waals surface area (Å²) in [6.07, 6.45) is 1.79. The molecule has 2 heterocycles. The topological polar surface area (TPSA) is 116 Å². The first-order valence-electron chi connectivity index (χ1n) is 8.65. The highest BCUT2D eigenvalue weighted by atomic mass is 16.5. The maximum Gasteiger partial charge on any atom is 0.224 e. The van der Waals surface area contributed by atoms with Crippen molar-refractivity contribution in [3.63, 3.8) is 0 Å². The van der Waals surface area contributed by atoms with Gasteiger partial charge in [-0.05, 0) is 18.1 Å². The third-order valence-electron chi connectivity index (χ3n) is 4.49. The minimum atomic E-state index is 0.187. The van der Waals surface area contributed by atoms with Crippen LogP contribution in [0.2, 0.25) is 0 Å². The molecular formula is C19H24N6O3. The summed E-state index contributed by atoms with van der Waals surface area (Å²) in [6, 6.07) is 3.71. The SMILES string of the molecule is CNc1nc(N)nc2ncc(CNc3cc(OC)c(OC)c(OC)c3)c(C)c12. The summed E-state index contributed by atoms with van der Waals surface area (Å²) < 4.78 is 16.2. The molecule has 1 aromatic carbocycles. The Kier molecular flexibility index (Phi) is 5.53. The summed E-state index contributed by atoms with van der Waals surface area (Å²) in [5.74, 6) is 2.56. The number of hydrogen-bond acceptors (Lipinski definition) is 9. The monoisotopic (exact) mass is 384 g/mol. The average molecular weight is 384 g/mol. The van der Waals surface area contributed by atoms with Crippen molar-refractivity contribution in [1.29, 1.82) is 0 Å². The fourth-order valence-electron chi connectivity index (χ4n) is 3.04. The second kappa shape index (κ2) is 8.03. The molecule has 0 aliphatic rings. The first-order valence-corrected chi connectivity index (χ1v) is 8.65. The number of nitrogens with two attached hydrogens (primary N) is 1. The number of aryl methyl sites for hydroxylation is 1. The van der Waals surface area contributed by atoms with Crippen molar-refractivity contribution < 1.29 is 14.2 Å². The molecule has 3 rings (SSSR count).